The first-order valence-electron chi connectivity index (χ1n) is 6.70. The van der Waals surface area contributed by atoms with E-state index in [0.29, 0.717) is 5.56 Å². The maximum absolute atomic E-state index is 13.9. The number of benzene rings is 3. The molecule has 3 aromatic rings. The maximum atomic E-state index is 13.9. The average Bonchev–Trinajstić information content (AvgIpc) is 2.53. The molecule has 0 spiro atoms. The van der Waals surface area contributed by atoms with Crippen molar-refractivity contribution in [1.29, 1.82) is 0 Å². The van der Waals surface area contributed by atoms with Crippen molar-refractivity contribution in [1.82, 2.24) is 0 Å². The Bertz CT molecular complexity index is 783. The molecule has 0 bridgehead atoms. The normalized spacial score (nSPS) is 12.3. The van der Waals surface area contributed by atoms with E-state index >= 15 is 0 Å². The molecule has 0 aliphatic rings. The zero-order valence-corrected chi connectivity index (χ0v) is 11.6. The van der Waals surface area contributed by atoms with Crippen molar-refractivity contribution in [2.75, 3.05) is 7.11 Å². The van der Waals surface area contributed by atoms with Gasteiger partial charge in [0.1, 0.15) is 17.7 Å². The minimum atomic E-state index is -1.01. The van der Waals surface area contributed by atoms with Gasteiger partial charge < -0.3 is 9.84 Å². The highest BCUT2D eigenvalue weighted by Gasteiger charge is 2.18. The quantitative estimate of drug-likeness (QED) is 0.784. The zero-order chi connectivity index (χ0) is 14.8. The van der Waals surface area contributed by atoms with E-state index in [0.717, 1.165) is 16.5 Å². The summed E-state index contributed by atoms with van der Waals surface area (Å²) < 4.78 is 19.2. The number of hydrogen-bond acceptors (Lipinski definition) is 2. The van der Waals surface area contributed by atoms with Crippen LogP contribution < -0.4 is 4.74 Å². The second-order valence-corrected chi connectivity index (χ2v) is 4.83. The molecule has 0 fully saturated rings. The molecule has 1 N–H and O–H groups in total. The molecule has 0 saturated heterocycles. The van der Waals surface area contributed by atoms with Crippen LogP contribution in [-0.4, -0.2) is 12.2 Å². The van der Waals surface area contributed by atoms with Crippen LogP contribution in [0, 0.1) is 5.82 Å². The fraction of sp³-hybridized carbons (Fsp3) is 0.111. The lowest BCUT2D eigenvalue weighted by Crippen LogP contribution is -2.03. The van der Waals surface area contributed by atoms with Crippen LogP contribution in [0.5, 0.6) is 5.75 Å². The van der Waals surface area contributed by atoms with Crippen LogP contribution in [0.25, 0.3) is 10.8 Å². The Balaban J connectivity index is 2.19. The number of ether oxygens (including phenoxy) is 1. The second kappa shape index (κ2) is 5.54. The number of hydrogen-bond donors (Lipinski definition) is 1. The highest BCUT2D eigenvalue weighted by molar-refractivity contribution is 5.91. The minimum absolute atomic E-state index is 0.271. The molecule has 2 nitrogen and oxygen atoms in total. The van der Waals surface area contributed by atoms with Gasteiger partial charge in [-0.3, -0.25) is 0 Å². The Morgan fingerprint density at radius 2 is 1.52 bits per heavy atom. The standard InChI is InChI=1S/C18H15FO2/c1-21-17-11-10-14(12-6-2-3-7-13(12)17)18(20)15-8-4-5-9-16(15)19/h2-11,18,20H,1H3. The van der Waals surface area contributed by atoms with Crippen molar-refractivity contribution in [3.05, 3.63) is 77.6 Å². The van der Waals surface area contributed by atoms with E-state index in [2.05, 4.69) is 0 Å². The molecule has 3 heteroatoms. The van der Waals surface area contributed by atoms with Crippen LogP contribution in [-0.2, 0) is 0 Å². The van der Waals surface area contributed by atoms with Crippen LogP contribution >= 0.6 is 0 Å². The van der Waals surface area contributed by atoms with E-state index < -0.39 is 11.9 Å². The topological polar surface area (TPSA) is 29.5 Å². The van der Waals surface area contributed by atoms with E-state index in [1.807, 2.05) is 24.3 Å². The lowest BCUT2D eigenvalue weighted by Gasteiger charge is -2.16. The van der Waals surface area contributed by atoms with Gasteiger partial charge >= 0.3 is 0 Å². The molecule has 1 unspecified atom stereocenters. The average molecular weight is 282 g/mol. The molecule has 1 atom stereocenters. The van der Waals surface area contributed by atoms with Gasteiger partial charge in [0.05, 0.1) is 7.11 Å². The third kappa shape index (κ3) is 2.36. The number of aliphatic hydroxyl groups is 1. The second-order valence-electron chi connectivity index (χ2n) is 4.83. The first kappa shape index (κ1) is 13.6. The van der Waals surface area contributed by atoms with Gasteiger partial charge in [0.25, 0.3) is 0 Å². The van der Waals surface area contributed by atoms with Crippen LogP contribution in [0.4, 0.5) is 4.39 Å². The zero-order valence-electron chi connectivity index (χ0n) is 11.6. The molecule has 21 heavy (non-hydrogen) atoms. The largest absolute Gasteiger partial charge is 0.496 e. The van der Waals surface area contributed by atoms with Crippen LogP contribution in [0.15, 0.2) is 60.7 Å². The van der Waals surface area contributed by atoms with E-state index in [9.17, 15) is 9.50 Å². The number of methoxy groups -OCH3 is 1. The Hall–Kier alpha value is -2.39. The van der Waals surface area contributed by atoms with Crippen molar-refractivity contribution >= 4 is 10.8 Å². The summed E-state index contributed by atoms with van der Waals surface area (Å²) in [5.41, 5.74) is 0.935. The fourth-order valence-electron chi connectivity index (χ4n) is 2.58. The van der Waals surface area contributed by atoms with Gasteiger partial charge in [-0.2, -0.15) is 0 Å². The molecule has 0 aliphatic heterocycles. The predicted molar refractivity (Wildman–Crippen MR) is 81.0 cm³/mol. The van der Waals surface area contributed by atoms with Gasteiger partial charge in [-0.25, -0.2) is 4.39 Å². The highest BCUT2D eigenvalue weighted by atomic mass is 19.1. The molecule has 0 aliphatic carbocycles. The smallest absolute Gasteiger partial charge is 0.129 e. The van der Waals surface area contributed by atoms with Gasteiger partial charge in [-0.1, -0.05) is 48.5 Å². The van der Waals surface area contributed by atoms with E-state index in [1.165, 1.54) is 6.07 Å². The van der Waals surface area contributed by atoms with Gasteiger partial charge in [0.15, 0.2) is 0 Å². The molecule has 106 valence electrons. The van der Waals surface area contributed by atoms with Gasteiger partial charge in [-0.15, -0.1) is 0 Å². The maximum Gasteiger partial charge on any atom is 0.129 e. The number of aliphatic hydroxyl groups excluding tert-OH is 1. The number of fused-ring (bicyclic) bond motifs is 1. The third-order valence-electron chi connectivity index (χ3n) is 3.63. The molecule has 0 radical (unpaired) electrons. The molecule has 0 aromatic heterocycles. The first-order valence-corrected chi connectivity index (χ1v) is 6.70. The Labute approximate surface area is 122 Å². The van der Waals surface area contributed by atoms with Gasteiger partial charge in [-0.05, 0) is 23.1 Å². The predicted octanol–water partition coefficient (Wildman–Crippen LogP) is 4.07. The molecule has 0 heterocycles. The summed E-state index contributed by atoms with van der Waals surface area (Å²) in [5, 5.41) is 12.3. The Morgan fingerprint density at radius 1 is 0.857 bits per heavy atom. The minimum Gasteiger partial charge on any atom is -0.496 e. The number of rotatable bonds is 3. The summed E-state index contributed by atoms with van der Waals surface area (Å²) in [7, 11) is 1.61. The Kier molecular flexibility index (Phi) is 3.59. The Morgan fingerprint density at radius 3 is 2.24 bits per heavy atom. The van der Waals surface area contributed by atoms with Crippen molar-refractivity contribution in [3.8, 4) is 5.75 Å². The van der Waals surface area contributed by atoms with E-state index in [-0.39, 0.29) is 5.56 Å². The monoisotopic (exact) mass is 282 g/mol. The SMILES string of the molecule is COc1ccc(C(O)c2ccccc2F)c2ccccc12. The summed E-state index contributed by atoms with van der Waals surface area (Å²) in [4.78, 5) is 0. The third-order valence-corrected chi connectivity index (χ3v) is 3.63. The van der Waals surface area contributed by atoms with Crippen molar-refractivity contribution in [3.63, 3.8) is 0 Å². The van der Waals surface area contributed by atoms with Crippen LogP contribution in [0.1, 0.15) is 17.2 Å². The first-order chi connectivity index (χ1) is 10.2. The summed E-state index contributed by atoms with van der Waals surface area (Å²) in [6.45, 7) is 0. The summed E-state index contributed by atoms with van der Waals surface area (Å²) in [6, 6.07) is 17.5. The molecule has 0 amide bonds. The van der Waals surface area contributed by atoms with Gasteiger partial charge in [0, 0.05) is 10.9 Å². The lowest BCUT2D eigenvalue weighted by molar-refractivity contribution is 0.216. The highest BCUT2D eigenvalue weighted by Crippen LogP contribution is 2.34. The van der Waals surface area contributed by atoms with Gasteiger partial charge in [0.2, 0.25) is 0 Å². The van der Waals surface area contributed by atoms with E-state index in [4.69, 9.17) is 4.74 Å². The van der Waals surface area contributed by atoms with Crippen molar-refractivity contribution in [2.45, 2.75) is 6.10 Å². The molecular formula is C18H15FO2. The van der Waals surface area contributed by atoms with Crippen molar-refractivity contribution < 1.29 is 14.2 Å². The van der Waals surface area contributed by atoms with Crippen LogP contribution in [0.3, 0.4) is 0 Å². The molecular weight excluding hydrogens is 267 g/mol. The lowest BCUT2D eigenvalue weighted by atomic mass is 9.95. The molecule has 3 aromatic carbocycles. The summed E-state index contributed by atoms with van der Waals surface area (Å²) >= 11 is 0. The fourth-order valence-corrected chi connectivity index (χ4v) is 2.58. The van der Waals surface area contributed by atoms with E-state index in [1.54, 1.807) is 37.4 Å². The summed E-state index contributed by atoms with van der Waals surface area (Å²) in [6.07, 6.45) is -1.01. The van der Waals surface area contributed by atoms with Crippen LogP contribution in [0.2, 0.25) is 0 Å². The number of halogens is 1. The molecule has 0 saturated carbocycles. The molecule has 3 rings (SSSR count). The van der Waals surface area contributed by atoms with Crippen molar-refractivity contribution in [2.24, 2.45) is 0 Å². The summed E-state index contributed by atoms with van der Waals surface area (Å²) in [5.74, 6) is 0.319.